The predicted octanol–water partition coefficient (Wildman–Crippen LogP) is 1.73. The molecule has 3 nitrogen and oxygen atoms in total. The molecule has 0 aromatic rings. The highest BCUT2D eigenvalue weighted by Crippen LogP contribution is 2.23. The molecule has 0 bridgehead atoms. The fourth-order valence-corrected chi connectivity index (χ4v) is 2.50. The Hall–Kier alpha value is -0.120. The van der Waals surface area contributed by atoms with Crippen LogP contribution in [0.5, 0.6) is 0 Å². The van der Waals surface area contributed by atoms with Crippen LogP contribution in [-0.4, -0.2) is 51.3 Å². The molecule has 1 unspecified atom stereocenters. The summed E-state index contributed by atoms with van der Waals surface area (Å²) in [6.45, 7) is 9.20. The first-order valence-electron chi connectivity index (χ1n) is 6.46. The molecule has 0 aromatic carbocycles. The number of nitrogens with one attached hydrogen (secondary N) is 1. The minimum absolute atomic E-state index is 0.367. The molecule has 1 heterocycles. The van der Waals surface area contributed by atoms with Crippen molar-refractivity contribution in [2.75, 3.05) is 40.4 Å². The van der Waals surface area contributed by atoms with Crippen LogP contribution in [0.4, 0.5) is 0 Å². The molecule has 1 rings (SSSR count). The molecule has 0 aromatic heterocycles. The van der Waals surface area contributed by atoms with E-state index in [2.05, 4.69) is 31.1 Å². The third-order valence-electron chi connectivity index (χ3n) is 3.55. The topological polar surface area (TPSA) is 24.5 Å². The lowest BCUT2D eigenvalue weighted by Crippen LogP contribution is -2.47. The number of likely N-dealkylation sites (tertiary alicyclic amines) is 1. The molecule has 16 heavy (non-hydrogen) atoms. The first kappa shape index (κ1) is 13.9. The van der Waals surface area contributed by atoms with Crippen molar-refractivity contribution in [3.63, 3.8) is 0 Å². The summed E-state index contributed by atoms with van der Waals surface area (Å²) in [4.78, 5) is 2.60. The Balaban J connectivity index is 2.34. The molecule has 1 aliphatic heterocycles. The number of likely N-dealkylation sites (N-methyl/N-ethyl adjacent to an activating group) is 1. The van der Waals surface area contributed by atoms with Gasteiger partial charge in [-0.2, -0.15) is 0 Å². The Morgan fingerprint density at radius 1 is 1.44 bits per heavy atom. The zero-order chi connectivity index (χ0) is 12.0. The SMILES string of the molecule is CNC1CCCN(CC(C)(C)CCOC)C1. The lowest BCUT2D eigenvalue weighted by atomic mass is 9.88. The van der Waals surface area contributed by atoms with Crippen LogP contribution in [0.25, 0.3) is 0 Å². The van der Waals surface area contributed by atoms with Gasteiger partial charge in [0.1, 0.15) is 0 Å². The first-order chi connectivity index (χ1) is 7.57. The second-order valence-electron chi connectivity index (χ2n) is 5.77. The van der Waals surface area contributed by atoms with Crippen molar-refractivity contribution in [1.29, 1.82) is 0 Å². The summed E-state index contributed by atoms with van der Waals surface area (Å²) in [5.74, 6) is 0. The third-order valence-corrected chi connectivity index (χ3v) is 3.55. The number of hydrogen-bond donors (Lipinski definition) is 1. The molecule has 3 heteroatoms. The quantitative estimate of drug-likeness (QED) is 0.749. The van der Waals surface area contributed by atoms with Gasteiger partial charge in [0.15, 0.2) is 0 Å². The summed E-state index contributed by atoms with van der Waals surface area (Å²) >= 11 is 0. The molecule has 0 aliphatic carbocycles. The van der Waals surface area contributed by atoms with E-state index in [4.69, 9.17) is 4.74 Å². The van der Waals surface area contributed by atoms with Gasteiger partial charge in [0.05, 0.1) is 0 Å². The Bertz CT molecular complexity index is 194. The summed E-state index contributed by atoms with van der Waals surface area (Å²) < 4.78 is 5.18. The fraction of sp³-hybridized carbons (Fsp3) is 1.00. The molecule has 0 amide bonds. The Kier molecular flexibility index (Phi) is 5.73. The fourth-order valence-electron chi connectivity index (χ4n) is 2.50. The molecular formula is C13H28N2O. The van der Waals surface area contributed by atoms with Gasteiger partial charge in [-0.05, 0) is 38.3 Å². The van der Waals surface area contributed by atoms with Gasteiger partial charge in [-0.1, -0.05) is 13.8 Å². The first-order valence-corrected chi connectivity index (χ1v) is 6.46. The Labute approximate surface area is 101 Å². The maximum absolute atomic E-state index is 5.18. The highest BCUT2D eigenvalue weighted by atomic mass is 16.5. The van der Waals surface area contributed by atoms with Gasteiger partial charge in [0.2, 0.25) is 0 Å². The molecule has 1 fully saturated rings. The van der Waals surface area contributed by atoms with Crippen LogP contribution in [0.3, 0.4) is 0 Å². The molecule has 1 aliphatic rings. The monoisotopic (exact) mass is 228 g/mol. The van der Waals surface area contributed by atoms with Crippen LogP contribution in [-0.2, 0) is 4.74 Å². The van der Waals surface area contributed by atoms with Crippen molar-refractivity contribution in [2.24, 2.45) is 5.41 Å². The van der Waals surface area contributed by atoms with Gasteiger partial charge in [-0.25, -0.2) is 0 Å². The van der Waals surface area contributed by atoms with Gasteiger partial charge in [0.25, 0.3) is 0 Å². The number of nitrogens with zero attached hydrogens (tertiary/aromatic N) is 1. The minimum atomic E-state index is 0.367. The van der Waals surface area contributed by atoms with Crippen molar-refractivity contribution in [1.82, 2.24) is 10.2 Å². The summed E-state index contributed by atoms with van der Waals surface area (Å²) in [5.41, 5.74) is 0.367. The standard InChI is InChI=1S/C13H28N2O/c1-13(2,7-9-16-4)11-15-8-5-6-12(10-15)14-3/h12,14H,5-11H2,1-4H3. The maximum atomic E-state index is 5.18. The van der Waals surface area contributed by atoms with Crippen LogP contribution in [0.1, 0.15) is 33.1 Å². The van der Waals surface area contributed by atoms with E-state index in [0.29, 0.717) is 11.5 Å². The van der Waals surface area contributed by atoms with E-state index in [0.717, 1.165) is 13.0 Å². The van der Waals surface area contributed by atoms with Crippen LogP contribution in [0.2, 0.25) is 0 Å². The highest BCUT2D eigenvalue weighted by molar-refractivity contribution is 4.81. The lowest BCUT2D eigenvalue weighted by Gasteiger charge is -2.38. The number of piperidine rings is 1. The van der Waals surface area contributed by atoms with E-state index in [1.807, 2.05) is 0 Å². The lowest BCUT2D eigenvalue weighted by molar-refractivity contribution is 0.0977. The summed E-state index contributed by atoms with van der Waals surface area (Å²) in [7, 11) is 3.86. The van der Waals surface area contributed by atoms with Crippen LogP contribution in [0.15, 0.2) is 0 Å². The van der Waals surface area contributed by atoms with Gasteiger partial charge in [0, 0.05) is 32.8 Å². The van der Waals surface area contributed by atoms with Crippen molar-refractivity contribution >= 4 is 0 Å². The van der Waals surface area contributed by atoms with Gasteiger partial charge in [-0.15, -0.1) is 0 Å². The van der Waals surface area contributed by atoms with E-state index < -0.39 is 0 Å². The third kappa shape index (κ3) is 4.81. The second kappa shape index (κ2) is 6.58. The number of ether oxygens (including phenoxy) is 1. The minimum Gasteiger partial charge on any atom is -0.385 e. The Morgan fingerprint density at radius 3 is 2.81 bits per heavy atom. The molecule has 0 spiro atoms. The van der Waals surface area contributed by atoms with E-state index in [1.165, 1.54) is 32.5 Å². The molecule has 1 saturated heterocycles. The van der Waals surface area contributed by atoms with Crippen molar-refractivity contribution in [2.45, 2.75) is 39.2 Å². The van der Waals surface area contributed by atoms with Crippen LogP contribution >= 0.6 is 0 Å². The number of rotatable bonds is 6. The molecule has 96 valence electrons. The molecule has 1 atom stereocenters. The maximum Gasteiger partial charge on any atom is 0.0467 e. The average Bonchev–Trinajstić information content (AvgIpc) is 2.26. The highest BCUT2D eigenvalue weighted by Gasteiger charge is 2.25. The van der Waals surface area contributed by atoms with E-state index in [1.54, 1.807) is 7.11 Å². The number of hydrogen-bond acceptors (Lipinski definition) is 3. The molecular weight excluding hydrogens is 200 g/mol. The van der Waals surface area contributed by atoms with Gasteiger partial charge >= 0.3 is 0 Å². The molecule has 0 radical (unpaired) electrons. The van der Waals surface area contributed by atoms with E-state index in [9.17, 15) is 0 Å². The second-order valence-corrected chi connectivity index (χ2v) is 5.77. The predicted molar refractivity (Wildman–Crippen MR) is 68.8 cm³/mol. The van der Waals surface area contributed by atoms with Gasteiger partial charge in [-0.3, -0.25) is 0 Å². The van der Waals surface area contributed by atoms with Crippen LogP contribution in [0, 0.1) is 5.41 Å². The largest absolute Gasteiger partial charge is 0.385 e. The summed E-state index contributed by atoms with van der Waals surface area (Å²) in [5, 5.41) is 3.40. The average molecular weight is 228 g/mol. The van der Waals surface area contributed by atoms with E-state index in [-0.39, 0.29) is 0 Å². The smallest absolute Gasteiger partial charge is 0.0467 e. The Morgan fingerprint density at radius 2 is 2.19 bits per heavy atom. The normalized spacial score (nSPS) is 23.6. The number of methoxy groups -OCH3 is 1. The van der Waals surface area contributed by atoms with E-state index >= 15 is 0 Å². The van der Waals surface area contributed by atoms with Crippen molar-refractivity contribution in [3.05, 3.63) is 0 Å². The van der Waals surface area contributed by atoms with Crippen molar-refractivity contribution < 1.29 is 4.74 Å². The summed E-state index contributed by atoms with van der Waals surface area (Å²) in [6, 6.07) is 0.687. The van der Waals surface area contributed by atoms with Gasteiger partial charge < -0.3 is 15.0 Å². The zero-order valence-electron chi connectivity index (χ0n) is 11.4. The van der Waals surface area contributed by atoms with Crippen molar-refractivity contribution in [3.8, 4) is 0 Å². The van der Waals surface area contributed by atoms with Crippen LogP contribution < -0.4 is 5.32 Å². The zero-order valence-corrected chi connectivity index (χ0v) is 11.4. The molecule has 0 saturated carbocycles. The molecule has 1 N–H and O–H groups in total. The summed E-state index contributed by atoms with van der Waals surface area (Å²) in [6.07, 6.45) is 3.79.